The number of carbonyl (C=O) groups excluding carboxylic acids is 2. The van der Waals surface area contributed by atoms with Gasteiger partial charge in [0.15, 0.2) is 6.61 Å². The summed E-state index contributed by atoms with van der Waals surface area (Å²) in [5.41, 5.74) is 4.18. The molecule has 0 bridgehead atoms. The van der Waals surface area contributed by atoms with Crippen LogP contribution >= 0.6 is 0 Å². The van der Waals surface area contributed by atoms with Crippen molar-refractivity contribution in [3.8, 4) is 0 Å². The van der Waals surface area contributed by atoms with Crippen LogP contribution in [0, 0.1) is 13.8 Å². The maximum Gasteiger partial charge on any atom is 0.338 e. The molecule has 1 amide bonds. The van der Waals surface area contributed by atoms with Gasteiger partial charge in [0.25, 0.3) is 5.91 Å². The minimum atomic E-state index is -3.39. The Morgan fingerprint density at radius 3 is 2.45 bits per heavy atom. The molecule has 1 aliphatic heterocycles. The molecule has 8 heteroatoms. The number of ether oxygens (including phenoxy) is 1. The summed E-state index contributed by atoms with van der Waals surface area (Å²) in [7, 11) is -3.39. The normalized spacial score (nSPS) is 15.7. The van der Waals surface area contributed by atoms with Crippen LogP contribution in [0.4, 0.5) is 11.4 Å². The Kier molecular flexibility index (Phi) is 5.66. The molecule has 0 aliphatic carbocycles. The average molecular weight is 416 g/mol. The van der Waals surface area contributed by atoms with Gasteiger partial charge in [-0.05, 0) is 62.1 Å². The number of anilines is 2. The zero-order valence-electron chi connectivity index (χ0n) is 16.9. The van der Waals surface area contributed by atoms with Gasteiger partial charge in [0, 0.05) is 11.7 Å². The Labute approximate surface area is 170 Å². The second kappa shape index (κ2) is 7.87. The van der Waals surface area contributed by atoms with Gasteiger partial charge in [0.1, 0.15) is 0 Å². The van der Waals surface area contributed by atoms with Crippen molar-refractivity contribution < 1.29 is 22.7 Å². The lowest BCUT2D eigenvalue weighted by molar-refractivity contribution is -0.119. The third kappa shape index (κ3) is 4.42. The first kappa shape index (κ1) is 20.9. The second-order valence-electron chi connectivity index (χ2n) is 7.35. The maximum absolute atomic E-state index is 12.4. The van der Waals surface area contributed by atoms with E-state index in [1.807, 2.05) is 39.0 Å². The van der Waals surface area contributed by atoms with Crippen molar-refractivity contribution in [1.82, 2.24) is 0 Å². The Morgan fingerprint density at radius 2 is 1.83 bits per heavy atom. The molecule has 154 valence electrons. The fourth-order valence-corrected chi connectivity index (χ4v) is 4.90. The number of rotatable bonds is 5. The molecule has 0 spiro atoms. The molecule has 1 N–H and O–H groups in total. The van der Waals surface area contributed by atoms with Crippen LogP contribution < -0.4 is 9.62 Å². The van der Waals surface area contributed by atoms with Crippen LogP contribution in [-0.2, 0) is 26.0 Å². The van der Waals surface area contributed by atoms with Gasteiger partial charge in [-0.2, -0.15) is 0 Å². The van der Waals surface area contributed by atoms with Crippen LogP contribution in [0.15, 0.2) is 36.4 Å². The van der Waals surface area contributed by atoms with Crippen molar-refractivity contribution in [3.63, 3.8) is 0 Å². The highest BCUT2D eigenvalue weighted by molar-refractivity contribution is 7.92. The van der Waals surface area contributed by atoms with Crippen molar-refractivity contribution >= 4 is 33.3 Å². The second-order valence-corrected chi connectivity index (χ2v) is 9.21. The third-order valence-corrected chi connectivity index (χ3v) is 6.18. The number of nitrogens with one attached hydrogen (secondary N) is 1. The SMILES string of the molecule is Cc1cccc(C)c1NC(=O)COC(=O)c1ccc2c(c1)C[C@H](C)N2S(C)(=O)=O. The molecule has 0 radical (unpaired) electrons. The molecule has 0 fully saturated rings. The fourth-order valence-electron chi connectivity index (χ4n) is 3.64. The molecular formula is C21H24N2O5S. The van der Waals surface area contributed by atoms with E-state index in [0.717, 1.165) is 22.9 Å². The number of benzene rings is 2. The van der Waals surface area contributed by atoms with Gasteiger partial charge in [0.05, 0.1) is 17.5 Å². The van der Waals surface area contributed by atoms with Crippen LogP contribution in [0.2, 0.25) is 0 Å². The Bertz CT molecular complexity index is 1060. The standard InChI is InChI=1S/C21H24N2O5S/c1-13-6-5-7-14(2)20(13)22-19(24)12-28-21(25)16-8-9-18-17(11-16)10-15(3)23(18)29(4,26)27/h5-9,11,15H,10,12H2,1-4H3,(H,22,24)/t15-/m0/s1. The molecule has 7 nitrogen and oxygen atoms in total. The van der Waals surface area contributed by atoms with Crippen molar-refractivity contribution in [2.24, 2.45) is 0 Å². The molecule has 1 atom stereocenters. The van der Waals surface area contributed by atoms with Crippen LogP contribution in [-0.4, -0.2) is 39.2 Å². The highest BCUT2D eigenvalue weighted by Crippen LogP contribution is 2.34. The Hall–Kier alpha value is -2.87. The highest BCUT2D eigenvalue weighted by Gasteiger charge is 2.33. The molecule has 0 unspecified atom stereocenters. The van der Waals surface area contributed by atoms with Gasteiger partial charge in [-0.25, -0.2) is 13.2 Å². The molecule has 0 saturated carbocycles. The van der Waals surface area contributed by atoms with Gasteiger partial charge in [0.2, 0.25) is 10.0 Å². The summed E-state index contributed by atoms with van der Waals surface area (Å²) in [6.07, 6.45) is 1.67. The van der Waals surface area contributed by atoms with Crippen LogP contribution in [0.5, 0.6) is 0 Å². The summed E-state index contributed by atoms with van der Waals surface area (Å²) in [5, 5.41) is 2.77. The zero-order chi connectivity index (χ0) is 21.3. The zero-order valence-corrected chi connectivity index (χ0v) is 17.7. The molecule has 3 rings (SSSR count). The van der Waals surface area contributed by atoms with E-state index < -0.39 is 28.5 Å². The monoisotopic (exact) mass is 416 g/mol. The number of amides is 1. The van der Waals surface area contributed by atoms with E-state index in [2.05, 4.69) is 5.32 Å². The third-order valence-electron chi connectivity index (χ3n) is 4.91. The van der Waals surface area contributed by atoms with Crippen molar-refractivity contribution in [3.05, 3.63) is 58.7 Å². The fraction of sp³-hybridized carbons (Fsp3) is 0.333. The largest absolute Gasteiger partial charge is 0.452 e. The summed E-state index contributed by atoms with van der Waals surface area (Å²) in [5.74, 6) is -1.05. The first-order valence-corrected chi connectivity index (χ1v) is 11.1. The van der Waals surface area contributed by atoms with Crippen LogP contribution in [0.25, 0.3) is 0 Å². The first-order valence-electron chi connectivity index (χ1n) is 9.23. The van der Waals surface area contributed by atoms with E-state index in [-0.39, 0.29) is 11.6 Å². The van der Waals surface area contributed by atoms with Gasteiger partial charge in [-0.15, -0.1) is 0 Å². The average Bonchev–Trinajstić information content (AvgIpc) is 2.97. The lowest BCUT2D eigenvalue weighted by Gasteiger charge is -2.21. The molecule has 2 aromatic rings. The number of fused-ring (bicyclic) bond motifs is 1. The lowest BCUT2D eigenvalue weighted by atomic mass is 10.1. The summed E-state index contributed by atoms with van der Waals surface area (Å²) < 4.78 is 30.5. The number of aryl methyl sites for hydroxylation is 2. The van der Waals surface area contributed by atoms with Crippen molar-refractivity contribution in [1.29, 1.82) is 0 Å². The maximum atomic E-state index is 12.4. The van der Waals surface area contributed by atoms with Gasteiger partial charge in [-0.3, -0.25) is 9.10 Å². The molecule has 0 aromatic heterocycles. The van der Waals surface area contributed by atoms with E-state index in [4.69, 9.17) is 4.74 Å². The molecular weight excluding hydrogens is 392 g/mol. The molecule has 1 heterocycles. The van der Waals surface area contributed by atoms with Crippen molar-refractivity contribution in [2.45, 2.75) is 33.2 Å². The van der Waals surface area contributed by atoms with Gasteiger partial charge in [-0.1, -0.05) is 18.2 Å². The minimum Gasteiger partial charge on any atom is -0.452 e. The quantitative estimate of drug-likeness (QED) is 0.757. The van der Waals surface area contributed by atoms with Crippen molar-refractivity contribution in [2.75, 3.05) is 22.5 Å². The summed E-state index contributed by atoms with van der Waals surface area (Å²) in [6.45, 7) is 5.19. The predicted molar refractivity (Wildman–Crippen MR) is 112 cm³/mol. The Balaban J connectivity index is 1.67. The first-order chi connectivity index (χ1) is 13.6. The van der Waals surface area contributed by atoms with E-state index in [0.29, 0.717) is 17.8 Å². The van der Waals surface area contributed by atoms with E-state index >= 15 is 0 Å². The predicted octanol–water partition coefficient (Wildman–Crippen LogP) is 2.81. The highest BCUT2D eigenvalue weighted by atomic mass is 32.2. The number of sulfonamides is 1. The Morgan fingerprint density at radius 1 is 1.17 bits per heavy atom. The summed E-state index contributed by atoms with van der Waals surface area (Å²) in [6, 6.07) is 10.2. The number of hydrogen-bond donors (Lipinski definition) is 1. The minimum absolute atomic E-state index is 0.214. The van der Waals surface area contributed by atoms with E-state index in [9.17, 15) is 18.0 Å². The number of carbonyl (C=O) groups is 2. The molecule has 2 aromatic carbocycles. The summed E-state index contributed by atoms with van der Waals surface area (Å²) >= 11 is 0. The summed E-state index contributed by atoms with van der Waals surface area (Å²) in [4.78, 5) is 24.5. The van der Waals surface area contributed by atoms with Crippen LogP contribution in [0.3, 0.4) is 0 Å². The number of hydrogen-bond acceptors (Lipinski definition) is 5. The molecule has 1 aliphatic rings. The molecule has 0 saturated heterocycles. The topological polar surface area (TPSA) is 92.8 Å². The number of para-hydroxylation sites is 1. The number of nitrogens with zero attached hydrogens (tertiary/aromatic N) is 1. The van der Waals surface area contributed by atoms with Gasteiger partial charge < -0.3 is 10.1 Å². The number of esters is 1. The molecule has 29 heavy (non-hydrogen) atoms. The van der Waals surface area contributed by atoms with E-state index in [1.165, 1.54) is 10.4 Å². The van der Waals surface area contributed by atoms with E-state index in [1.54, 1.807) is 12.1 Å². The lowest BCUT2D eigenvalue weighted by Crippen LogP contribution is -2.34. The van der Waals surface area contributed by atoms with Gasteiger partial charge >= 0.3 is 5.97 Å². The van der Waals surface area contributed by atoms with Crippen LogP contribution in [0.1, 0.15) is 34.0 Å². The smallest absolute Gasteiger partial charge is 0.338 e.